The molecule has 300 valence electrons. The molecule has 11 heteroatoms. The van der Waals surface area contributed by atoms with Crippen molar-refractivity contribution in [1.29, 1.82) is 0 Å². The number of likely N-dealkylation sites (N-methyl/N-ethyl adjacent to an activating group) is 2. The predicted molar refractivity (Wildman–Crippen MR) is 234 cm³/mol. The number of benzene rings is 4. The molecular weight excluding hydrogens is 737 g/mol. The van der Waals surface area contributed by atoms with Crippen LogP contribution >= 0.6 is 0 Å². The van der Waals surface area contributed by atoms with Gasteiger partial charge in [-0.05, 0) is 50.9 Å². The van der Waals surface area contributed by atoms with Gasteiger partial charge in [-0.15, -0.1) is 0 Å². The third-order valence-electron chi connectivity index (χ3n) is 11.4. The van der Waals surface area contributed by atoms with Crippen LogP contribution in [0.4, 0.5) is 11.6 Å². The van der Waals surface area contributed by atoms with Crippen LogP contribution in [0.3, 0.4) is 0 Å². The Bertz CT molecular complexity index is 2670. The SMILES string of the molecule is CN(c1nc[n+](C[C@H](c2ccc(C(C)(C)C)cc2)N(C)c2ncnc3[nH]c(-c4ccc(CO)cc4)cc23)c2[nH]c(-c3ccc(CO)cc3)cc12)C(CO)c1ccccc1. The number of H-pyrrole nitrogens is 2. The van der Waals surface area contributed by atoms with Gasteiger partial charge in [-0.2, -0.15) is 0 Å². The van der Waals surface area contributed by atoms with E-state index in [1.54, 1.807) is 6.33 Å². The number of aliphatic hydroxyl groups excluding tert-OH is 3. The molecule has 0 fully saturated rings. The number of nitrogens with zero attached hydrogens (tertiary/aromatic N) is 6. The highest BCUT2D eigenvalue weighted by Gasteiger charge is 2.29. The summed E-state index contributed by atoms with van der Waals surface area (Å²) < 4.78 is 2.16. The summed E-state index contributed by atoms with van der Waals surface area (Å²) in [7, 11) is 4.05. The number of rotatable bonds is 13. The smallest absolute Gasteiger partial charge is 0.239 e. The normalized spacial score (nSPS) is 12.9. The minimum absolute atomic E-state index is 0.00938. The first-order chi connectivity index (χ1) is 28.6. The van der Waals surface area contributed by atoms with Crippen molar-refractivity contribution in [3.05, 3.63) is 156 Å². The van der Waals surface area contributed by atoms with Gasteiger partial charge in [0.1, 0.15) is 28.9 Å². The van der Waals surface area contributed by atoms with E-state index in [1.807, 2.05) is 97.1 Å². The number of aromatic nitrogens is 6. The molecule has 0 aliphatic heterocycles. The van der Waals surface area contributed by atoms with Gasteiger partial charge in [0.05, 0.1) is 43.8 Å². The van der Waals surface area contributed by atoms with Crippen molar-refractivity contribution in [1.82, 2.24) is 24.9 Å². The van der Waals surface area contributed by atoms with Crippen molar-refractivity contribution in [2.75, 3.05) is 30.5 Å². The van der Waals surface area contributed by atoms with Gasteiger partial charge in [0.15, 0.2) is 0 Å². The third kappa shape index (κ3) is 7.92. The molecule has 2 atom stereocenters. The molecule has 0 amide bonds. The van der Waals surface area contributed by atoms with Crippen LogP contribution in [0.5, 0.6) is 0 Å². The number of hydrogen-bond donors (Lipinski definition) is 5. The molecule has 0 saturated heterocycles. The molecule has 0 bridgehead atoms. The molecule has 0 spiro atoms. The predicted octanol–water partition coefficient (Wildman–Crippen LogP) is 7.79. The van der Waals surface area contributed by atoms with Gasteiger partial charge in [0, 0.05) is 25.4 Å². The molecule has 4 aromatic carbocycles. The van der Waals surface area contributed by atoms with Crippen molar-refractivity contribution in [3.63, 3.8) is 0 Å². The average Bonchev–Trinajstić information content (AvgIpc) is 3.92. The molecule has 59 heavy (non-hydrogen) atoms. The first-order valence-electron chi connectivity index (χ1n) is 19.9. The van der Waals surface area contributed by atoms with Crippen molar-refractivity contribution < 1.29 is 19.9 Å². The Labute approximate surface area is 344 Å². The second-order valence-electron chi connectivity index (χ2n) is 16.2. The number of nitrogens with one attached hydrogen (secondary N) is 2. The van der Waals surface area contributed by atoms with Gasteiger partial charge in [-0.3, -0.25) is 4.98 Å². The second kappa shape index (κ2) is 16.5. The Morgan fingerprint density at radius 2 is 1.19 bits per heavy atom. The Morgan fingerprint density at radius 3 is 1.78 bits per heavy atom. The Hall–Kier alpha value is -6.40. The highest BCUT2D eigenvalue weighted by molar-refractivity contribution is 5.92. The fourth-order valence-electron chi connectivity index (χ4n) is 7.88. The van der Waals surface area contributed by atoms with E-state index >= 15 is 0 Å². The van der Waals surface area contributed by atoms with Crippen molar-refractivity contribution in [3.8, 4) is 22.5 Å². The van der Waals surface area contributed by atoms with Crippen LogP contribution in [0.15, 0.2) is 128 Å². The lowest BCUT2D eigenvalue weighted by Gasteiger charge is -2.30. The fourth-order valence-corrected chi connectivity index (χ4v) is 7.88. The summed E-state index contributed by atoms with van der Waals surface area (Å²) in [5.74, 6) is 1.51. The average molecular weight is 788 g/mol. The van der Waals surface area contributed by atoms with E-state index in [9.17, 15) is 15.3 Å². The molecule has 8 aromatic rings. The summed E-state index contributed by atoms with van der Waals surface area (Å²) >= 11 is 0. The Morgan fingerprint density at radius 1 is 0.627 bits per heavy atom. The van der Waals surface area contributed by atoms with Crippen LogP contribution < -0.4 is 14.4 Å². The number of anilines is 2. The van der Waals surface area contributed by atoms with E-state index in [2.05, 4.69) is 88.6 Å². The maximum atomic E-state index is 10.7. The molecule has 4 heterocycles. The topological polar surface area (TPSA) is 141 Å². The minimum atomic E-state index is -0.316. The Balaban J connectivity index is 1.25. The highest BCUT2D eigenvalue weighted by Crippen LogP contribution is 2.36. The standard InChI is InChI=1S/C48H50N8O3/c1-48(2,3)37-21-19-36(20-22-37)42(54(4)45-38-23-40(52-44(38)49-29-50-45)33-15-11-31(26-57)12-16-33)25-56-30-51-46(55(5)43(28-59)35-9-7-6-8-10-35)39-24-41(53-47(39)56)34-17-13-32(27-58)14-18-34/h6-24,29-30,42-43,57-59H,25-28H2,1-5H3,(H,49,50,52)/p+1/t42-,43?/m1/s1. The molecule has 8 rings (SSSR count). The molecule has 0 radical (unpaired) electrons. The lowest BCUT2D eigenvalue weighted by Crippen LogP contribution is -2.43. The summed E-state index contributed by atoms with van der Waals surface area (Å²) in [6.07, 6.45) is 3.48. The van der Waals surface area contributed by atoms with Crippen LogP contribution in [0, 0.1) is 0 Å². The van der Waals surface area contributed by atoms with Crippen LogP contribution in [0.1, 0.15) is 60.7 Å². The molecule has 11 nitrogen and oxygen atoms in total. The van der Waals surface area contributed by atoms with Crippen molar-refractivity contribution >= 4 is 33.7 Å². The summed E-state index contributed by atoms with van der Waals surface area (Å²) in [6.45, 7) is 7.05. The maximum absolute atomic E-state index is 10.7. The van der Waals surface area contributed by atoms with Crippen LogP contribution in [0.25, 0.3) is 44.6 Å². The number of fused-ring (bicyclic) bond motifs is 2. The van der Waals surface area contributed by atoms with Gasteiger partial charge >= 0.3 is 0 Å². The maximum Gasteiger partial charge on any atom is 0.239 e. The molecular formula is C48H51N8O3+. The van der Waals surface area contributed by atoms with Gasteiger partial charge in [0.25, 0.3) is 0 Å². The lowest BCUT2D eigenvalue weighted by molar-refractivity contribution is -0.678. The summed E-state index contributed by atoms with van der Waals surface area (Å²) in [4.78, 5) is 26.1. The zero-order valence-electron chi connectivity index (χ0n) is 34.1. The van der Waals surface area contributed by atoms with E-state index in [0.29, 0.717) is 6.54 Å². The third-order valence-corrected chi connectivity index (χ3v) is 11.4. The summed E-state index contributed by atoms with van der Waals surface area (Å²) in [5, 5.41) is 31.8. The second-order valence-corrected chi connectivity index (χ2v) is 16.2. The number of aromatic amines is 2. The number of aliphatic hydroxyl groups is 3. The van der Waals surface area contributed by atoms with Gasteiger partial charge < -0.3 is 30.1 Å². The first-order valence-corrected chi connectivity index (χ1v) is 19.9. The molecule has 4 aromatic heterocycles. The van der Waals surface area contributed by atoms with E-state index in [-0.39, 0.29) is 37.3 Å². The molecule has 0 aliphatic carbocycles. The van der Waals surface area contributed by atoms with Gasteiger partial charge in [0.2, 0.25) is 17.8 Å². The lowest BCUT2D eigenvalue weighted by atomic mass is 9.86. The molecule has 0 saturated carbocycles. The van der Waals surface area contributed by atoms with Crippen LogP contribution in [-0.2, 0) is 25.2 Å². The number of hydrogen-bond acceptors (Lipinski definition) is 8. The largest absolute Gasteiger partial charge is 0.394 e. The Kier molecular flexibility index (Phi) is 11.0. The zero-order valence-corrected chi connectivity index (χ0v) is 34.1. The van der Waals surface area contributed by atoms with E-state index < -0.39 is 0 Å². The summed E-state index contributed by atoms with van der Waals surface area (Å²) in [5.41, 5.74) is 10.4. The molecule has 1 unspecified atom stereocenters. The molecule has 5 N–H and O–H groups in total. The fraction of sp³-hybridized carbons (Fsp3) is 0.250. The first kappa shape index (κ1) is 39.4. The van der Waals surface area contributed by atoms with Gasteiger partial charge in [-0.25, -0.2) is 14.5 Å². The quantitative estimate of drug-likeness (QED) is 0.0747. The summed E-state index contributed by atoms with van der Waals surface area (Å²) in [6, 6.07) is 38.3. The van der Waals surface area contributed by atoms with Crippen molar-refractivity contribution in [2.24, 2.45) is 0 Å². The van der Waals surface area contributed by atoms with E-state index in [1.165, 1.54) is 5.56 Å². The van der Waals surface area contributed by atoms with Gasteiger partial charge in [-0.1, -0.05) is 129 Å². The highest BCUT2D eigenvalue weighted by atomic mass is 16.3. The monoisotopic (exact) mass is 787 g/mol. The zero-order chi connectivity index (χ0) is 41.3. The molecule has 0 aliphatic rings. The minimum Gasteiger partial charge on any atom is -0.394 e. The van der Waals surface area contributed by atoms with E-state index in [0.717, 1.165) is 78.5 Å². The van der Waals surface area contributed by atoms with E-state index in [4.69, 9.17) is 9.97 Å². The van der Waals surface area contributed by atoms with Crippen LogP contribution in [0.2, 0.25) is 0 Å². The van der Waals surface area contributed by atoms with Crippen molar-refractivity contribution in [2.45, 2.75) is 58.0 Å². The van der Waals surface area contributed by atoms with Crippen LogP contribution in [-0.4, -0.2) is 60.9 Å².